The Labute approximate surface area is 122 Å². The predicted molar refractivity (Wildman–Crippen MR) is 75.0 cm³/mol. The van der Waals surface area contributed by atoms with E-state index in [1.165, 1.54) is 12.3 Å². The van der Waals surface area contributed by atoms with Crippen molar-refractivity contribution in [2.45, 2.75) is 17.9 Å². The largest absolute Gasteiger partial charge is 0.467 e. The lowest BCUT2D eigenvalue weighted by Crippen LogP contribution is -2.29. The van der Waals surface area contributed by atoms with Crippen molar-refractivity contribution in [3.05, 3.63) is 52.9 Å². The monoisotopic (exact) mass is 315 g/mol. The summed E-state index contributed by atoms with van der Waals surface area (Å²) in [5.41, 5.74) is 0.467. The number of rotatable bonds is 5. The normalized spacial score (nSPS) is 13.3. The summed E-state index contributed by atoms with van der Waals surface area (Å²) in [6.07, 6.45) is 0.369. The number of furan rings is 1. The lowest BCUT2D eigenvalue weighted by atomic mass is 10.2. The number of sulfonamides is 1. The number of nitrogens with one attached hydrogen (secondary N) is 1. The highest BCUT2D eigenvalue weighted by Crippen LogP contribution is 2.23. The minimum absolute atomic E-state index is 0.0941. The first-order valence-electron chi connectivity index (χ1n) is 5.88. The Bertz CT molecular complexity index is 682. The van der Waals surface area contributed by atoms with Crippen LogP contribution in [-0.2, 0) is 10.0 Å². The molecule has 0 aliphatic rings. The predicted octanol–water partition coefficient (Wildman–Crippen LogP) is 2.25. The maximum absolute atomic E-state index is 12.2. The molecule has 0 saturated heterocycles. The van der Waals surface area contributed by atoms with Crippen LogP contribution in [0, 0.1) is 6.92 Å². The molecule has 0 fully saturated rings. The van der Waals surface area contributed by atoms with Gasteiger partial charge >= 0.3 is 0 Å². The van der Waals surface area contributed by atoms with E-state index in [0.717, 1.165) is 0 Å². The summed E-state index contributed by atoms with van der Waals surface area (Å²) in [6, 6.07) is 7.83. The van der Waals surface area contributed by atoms with Gasteiger partial charge < -0.3 is 9.52 Å². The summed E-state index contributed by atoms with van der Waals surface area (Å²) in [6.45, 7) is 1.45. The fraction of sp³-hybridized carbons (Fsp3) is 0.231. The van der Waals surface area contributed by atoms with Gasteiger partial charge in [-0.3, -0.25) is 0 Å². The minimum atomic E-state index is -3.74. The summed E-state index contributed by atoms with van der Waals surface area (Å²) in [5.74, 6) is 0.301. The average molecular weight is 316 g/mol. The molecule has 5 nitrogen and oxygen atoms in total. The summed E-state index contributed by atoms with van der Waals surface area (Å²) >= 11 is 5.91. The Kier molecular flexibility index (Phi) is 4.49. The van der Waals surface area contributed by atoms with Crippen LogP contribution in [0.15, 0.2) is 45.9 Å². The molecule has 1 aromatic heterocycles. The number of aliphatic hydroxyl groups is 1. The third-order valence-corrected chi connectivity index (χ3v) is 4.82. The highest BCUT2D eigenvalue weighted by Gasteiger charge is 2.20. The van der Waals surface area contributed by atoms with Gasteiger partial charge in [-0.05, 0) is 36.8 Å². The van der Waals surface area contributed by atoms with Crippen molar-refractivity contribution < 1.29 is 17.9 Å². The maximum atomic E-state index is 12.2. The molecule has 0 saturated carbocycles. The Balaban J connectivity index is 2.14. The van der Waals surface area contributed by atoms with Crippen LogP contribution in [0.25, 0.3) is 0 Å². The zero-order chi connectivity index (χ0) is 14.8. The molecule has 0 radical (unpaired) electrons. The smallest absolute Gasteiger partial charge is 0.240 e. The quantitative estimate of drug-likeness (QED) is 0.887. The second-order valence-electron chi connectivity index (χ2n) is 4.25. The lowest BCUT2D eigenvalue weighted by molar-refractivity contribution is 0.154. The third-order valence-electron chi connectivity index (χ3n) is 2.85. The molecule has 1 unspecified atom stereocenters. The van der Waals surface area contributed by atoms with Crippen LogP contribution in [0.1, 0.15) is 17.4 Å². The number of halogens is 1. The molecule has 1 heterocycles. The summed E-state index contributed by atoms with van der Waals surface area (Å²) in [7, 11) is -3.74. The van der Waals surface area contributed by atoms with Crippen molar-refractivity contribution in [2.75, 3.05) is 6.54 Å². The van der Waals surface area contributed by atoms with Crippen LogP contribution < -0.4 is 4.72 Å². The van der Waals surface area contributed by atoms with Gasteiger partial charge in [0.05, 0.1) is 11.2 Å². The van der Waals surface area contributed by atoms with Gasteiger partial charge in [-0.1, -0.05) is 17.7 Å². The van der Waals surface area contributed by atoms with Crippen LogP contribution in [0.5, 0.6) is 0 Å². The molecule has 1 atom stereocenters. The van der Waals surface area contributed by atoms with Gasteiger partial charge in [0.2, 0.25) is 10.0 Å². The van der Waals surface area contributed by atoms with E-state index >= 15 is 0 Å². The molecule has 1 aromatic carbocycles. The van der Waals surface area contributed by atoms with Crippen LogP contribution in [0.2, 0.25) is 5.02 Å². The number of aliphatic hydroxyl groups excluding tert-OH is 1. The van der Waals surface area contributed by atoms with E-state index in [0.29, 0.717) is 16.3 Å². The Morgan fingerprint density at radius 3 is 2.75 bits per heavy atom. The van der Waals surface area contributed by atoms with Gasteiger partial charge in [-0.15, -0.1) is 0 Å². The standard InChI is InChI=1S/C13H14ClNO4S/c1-9-10(14)4-2-6-13(9)20(17,18)15-8-11(16)12-5-3-7-19-12/h2-7,11,15-16H,8H2,1H3. The van der Waals surface area contributed by atoms with E-state index in [2.05, 4.69) is 4.72 Å². The fourth-order valence-electron chi connectivity index (χ4n) is 1.73. The molecule has 0 aliphatic heterocycles. The van der Waals surface area contributed by atoms with Crippen molar-refractivity contribution in [1.82, 2.24) is 4.72 Å². The van der Waals surface area contributed by atoms with Gasteiger partial charge in [-0.25, -0.2) is 13.1 Å². The van der Waals surface area contributed by atoms with Crippen molar-refractivity contribution in [3.8, 4) is 0 Å². The molecule has 0 aliphatic carbocycles. The van der Waals surface area contributed by atoms with Gasteiger partial charge in [0, 0.05) is 11.6 Å². The number of hydrogen-bond donors (Lipinski definition) is 2. The molecule has 2 aromatic rings. The van der Waals surface area contributed by atoms with Crippen molar-refractivity contribution in [2.24, 2.45) is 0 Å². The molecular formula is C13H14ClNO4S. The first kappa shape index (κ1) is 15.1. The third kappa shape index (κ3) is 3.21. The van der Waals surface area contributed by atoms with Crippen molar-refractivity contribution >= 4 is 21.6 Å². The highest BCUT2D eigenvalue weighted by molar-refractivity contribution is 7.89. The zero-order valence-electron chi connectivity index (χ0n) is 10.7. The van der Waals surface area contributed by atoms with E-state index in [9.17, 15) is 13.5 Å². The van der Waals surface area contributed by atoms with Crippen LogP contribution in [0.4, 0.5) is 0 Å². The highest BCUT2D eigenvalue weighted by atomic mass is 35.5. The molecule has 108 valence electrons. The number of hydrogen-bond acceptors (Lipinski definition) is 4. The molecule has 20 heavy (non-hydrogen) atoms. The van der Waals surface area contributed by atoms with E-state index in [1.54, 1.807) is 31.2 Å². The lowest BCUT2D eigenvalue weighted by Gasteiger charge is -2.12. The number of benzene rings is 1. The Hall–Kier alpha value is -1.34. The maximum Gasteiger partial charge on any atom is 0.240 e. The van der Waals surface area contributed by atoms with E-state index in [-0.39, 0.29) is 11.4 Å². The molecular weight excluding hydrogens is 302 g/mol. The van der Waals surface area contributed by atoms with E-state index in [4.69, 9.17) is 16.0 Å². The molecule has 2 rings (SSSR count). The van der Waals surface area contributed by atoms with Crippen molar-refractivity contribution in [1.29, 1.82) is 0 Å². The molecule has 0 spiro atoms. The summed E-state index contributed by atoms with van der Waals surface area (Å²) in [5, 5.41) is 10.2. The second kappa shape index (κ2) is 5.97. The fourth-order valence-corrected chi connectivity index (χ4v) is 3.26. The Morgan fingerprint density at radius 2 is 2.10 bits per heavy atom. The van der Waals surface area contributed by atoms with Gasteiger partial charge in [0.15, 0.2) is 0 Å². The van der Waals surface area contributed by atoms with E-state index in [1.807, 2.05) is 0 Å². The topological polar surface area (TPSA) is 79.5 Å². The van der Waals surface area contributed by atoms with Crippen molar-refractivity contribution in [3.63, 3.8) is 0 Å². The average Bonchev–Trinajstić information content (AvgIpc) is 2.93. The minimum Gasteiger partial charge on any atom is -0.467 e. The van der Waals surface area contributed by atoms with Gasteiger partial charge in [-0.2, -0.15) is 0 Å². The summed E-state index contributed by atoms with van der Waals surface area (Å²) < 4.78 is 31.7. The zero-order valence-corrected chi connectivity index (χ0v) is 12.3. The second-order valence-corrected chi connectivity index (χ2v) is 6.39. The first-order valence-corrected chi connectivity index (χ1v) is 7.74. The first-order chi connectivity index (χ1) is 9.42. The van der Waals surface area contributed by atoms with Crippen LogP contribution in [0.3, 0.4) is 0 Å². The van der Waals surface area contributed by atoms with Crippen LogP contribution in [-0.4, -0.2) is 20.1 Å². The molecule has 0 bridgehead atoms. The van der Waals surface area contributed by atoms with Gasteiger partial charge in [0.1, 0.15) is 11.9 Å². The van der Waals surface area contributed by atoms with Gasteiger partial charge in [0.25, 0.3) is 0 Å². The molecule has 2 N–H and O–H groups in total. The van der Waals surface area contributed by atoms with E-state index < -0.39 is 16.1 Å². The SMILES string of the molecule is Cc1c(Cl)cccc1S(=O)(=O)NCC(O)c1ccco1. The molecule has 0 amide bonds. The Morgan fingerprint density at radius 1 is 1.35 bits per heavy atom. The molecule has 7 heteroatoms. The van der Waals surface area contributed by atoms with Crippen LogP contribution >= 0.6 is 11.6 Å². The summed E-state index contributed by atoms with van der Waals surface area (Å²) in [4.78, 5) is 0.0941.